The molecule has 0 unspecified atom stereocenters. The zero-order valence-corrected chi connectivity index (χ0v) is 16.9. The number of rotatable bonds is 7. The van der Waals surface area contributed by atoms with Crippen LogP contribution in [0.15, 0.2) is 66.7 Å². The van der Waals surface area contributed by atoms with E-state index in [0.29, 0.717) is 39.8 Å². The van der Waals surface area contributed by atoms with Crippen molar-refractivity contribution < 1.29 is 23.8 Å². The number of anilines is 2. The van der Waals surface area contributed by atoms with Gasteiger partial charge >= 0.3 is 0 Å². The summed E-state index contributed by atoms with van der Waals surface area (Å²) in [5, 5.41) is 5.62. The second-order valence-electron chi connectivity index (χ2n) is 6.26. The molecule has 2 N–H and O–H groups in total. The molecule has 0 bridgehead atoms. The van der Waals surface area contributed by atoms with Crippen molar-refractivity contribution in [1.29, 1.82) is 0 Å². The van der Waals surface area contributed by atoms with E-state index in [1.165, 1.54) is 21.3 Å². The fourth-order valence-corrected chi connectivity index (χ4v) is 2.85. The van der Waals surface area contributed by atoms with Gasteiger partial charge in [-0.2, -0.15) is 0 Å². The van der Waals surface area contributed by atoms with Gasteiger partial charge in [-0.15, -0.1) is 0 Å². The standard InChI is InChI=1S/C23H22N2O5/c1-28-19-7-5-4-6-18(19)23(27)25-17-11-9-16(10-12-17)24-22(26)15-8-13-20(29-2)21(14-15)30-3/h4-14H,1-3H3,(H,24,26)(H,25,27). The summed E-state index contributed by atoms with van der Waals surface area (Å²) in [6.45, 7) is 0. The van der Waals surface area contributed by atoms with E-state index >= 15 is 0 Å². The molecule has 2 amide bonds. The van der Waals surface area contributed by atoms with Gasteiger partial charge in [0.15, 0.2) is 11.5 Å². The zero-order valence-electron chi connectivity index (χ0n) is 16.9. The van der Waals surface area contributed by atoms with Gasteiger partial charge in [0.25, 0.3) is 11.8 Å². The molecule has 0 radical (unpaired) electrons. The van der Waals surface area contributed by atoms with Gasteiger partial charge in [0.2, 0.25) is 0 Å². The third-order valence-electron chi connectivity index (χ3n) is 4.40. The van der Waals surface area contributed by atoms with Crippen LogP contribution < -0.4 is 24.8 Å². The average molecular weight is 406 g/mol. The lowest BCUT2D eigenvalue weighted by Crippen LogP contribution is -2.14. The summed E-state index contributed by atoms with van der Waals surface area (Å²) in [4.78, 5) is 25.0. The minimum atomic E-state index is -0.290. The van der Waals surface area contributed by atoms with E-state index in [1.807, 2.05) is 0 Å². The fraction of sp³-hybridized carbons (Fsp3) is 0.130. The first-order valence-electron chi connectivity index (χ1n) is 9.13. The van der Waals surface area contributed by atoms with Crippen LogP contribution >= 0.6 is 0 Å². The van der Waals surface area contributed by atoms with Crippen LogP contribution in [-0.2, 0) is 0 Å². The first-order valence-corrected chi connectivity index (χ1v) is 9.13. The highest BCUT2D eigenvalue weighted by Gasteiger charge is 2.13. The van der Waals surface area contributed by atoms with Crippen molar-refractivity contribution in [1.82, 2.24) is 0 Å². The second-order valence-corrected chi connectivity index (χ2v) is 6.26. The van der Waals surface area contributed by atoms with E-state index in [4.69, 9.17) is 14.2 Å². The number of benzene rings is 3. The van der Waals surface area contributed by atoms with E-state index in [1.54, 1.807) is 66.7 Å². The summed E-state index contributed by atoms with van der Waals surface area (Å²) in [6.07, 6.45) is 0. The third-order valence-corrected chi connectivity index (χ3v) is 4.40. The molecular weight excluding hydrogens is 384 g/mol. The lowest BCUT2D eigenvalue weighted by Gasteiger charge is -2.11. The molecule has 0 aliphatic heterocycles. The molecule has 3 rings (SSSR count). The number of para-hydroxylation sites is 1. The maximum absolute atomic E-state index is 12.5. The maximum Gasteiger partial charge on any atom is 0.259 e. The molecule has 0 aromatic heterocycles. The van der Waals surface area contributed by atoms with E-state index in [-0.39, 0.29) is 11.8 Å². The first kappa shape index (κ1) is 20.7. The first-order chi connectivity index (χ1) is 14.5. The van der Waals surface area contributed by atoms with Gasteiger partial charge in [-0.1, -0.05) is 12.1 Å². The number of carbonyl (C=O) groups excluding carboxylic acids is 2. The monoisotopic (exact) mass is 406 g/mol. The molecule has 7 heteroatoms. The molecule has 0 aliphatic rings. The summed E-state index contributed by atoms with van der Waals surface area (Å²) in [7, 11) is 4.56. The molecule has 154 valence electrons. The predicted octanol–water partition coefficient (Wildman–Crippen LogP) is 4.22. The van der Waals surface area contributed by atoms with Crippen LogP contribution in [0, 0.1) is 0 Å². The minimum Gasteiger partial charge on any atom is -0.496 e. The number of carbonyl (C=O) groups is 2. The molecule has 30 heavy (non-hydrogen) atoms. The molecule has 0 aliphatic carbocycles. The molecule has 0 saturated carbocycles. The molecule has 0 spiro atoms. The molecule has 0 heterocycles. The van der Waals surface area contributed by atoms with Gasteiger partial charge in [0.05, 0.1) is 26.9 Å². The largest absolute Gasteiger partial charge is 0.496 e. The number of amides is 2. The molecule has 3 aromatic rings. The van der Waals surface area contributed by atoms with Crippen LogP contribution in [-0.4, -0.2) is 33.1 Å². The molecular formula is C23H22N2O5. The Morgan fingerprint density at radius 3 is 1.80 bits per heavy atom. The highest BCUT2D eigenvalue weighted by Crippen LogP contribution is 2.28. The van der Waals surface area contributed by atoms with Crippen LogP contribution in [0.2, 0.25) is 0 Å². The van der Waals surface area contributed by atoms with Crippen LogP contribution in [0.25, 0.3) is 0 Å². The van der Waals surface area contributed by atoms with Crippen molar-refractivity contribution in [3.63, 3.8) is 0 Å². The SMILES string of the molecule is COc1ccc(C(=O)Nc2ccc(NC(=O)c3ccccc3OC)cc2)cc1OC. The molecule has 0 atom stereocenters. The number of methoxy groups -OCH3 is 3. The zero-order chi connectivity index (χ0) is 21.5. The van der Waals surface area contributed by atoms with Gasteiger partial charge in [0, 0.05) is 16.9 Å². The van der Waals surface area contributed by atoms with Gasteiger partial charge < -0.3 is 24.8 Å². The van der Waals surface area contributed by atoms with Crippen LogP contribution in [0.3, 0.4) is 0 Å². The van der Waals surface area contributed by atoms with Crippen molar-refractivity contribution in [2.45, 2.75) is 0 Å². The number of nitrogens with one attached hydrogen (secondary N) is 2. The van der Waals surface area contributed by atoms with E-state index in [9.17, 15) is 9.59 Å². The van der Waals surface area contributed by atoms with Crippen LogP contribution in [0.4, 0.5) is 11.4 Å². The summed E-state index contributed by atoms with van der Waals surface area (Å²) < 4.78 is 15.6. The van der Waals surface area contributed by atoms with Crippen molar-refractivity contribution in [3.8, 4) is 17.2 Å². The number of hydrogen-bond donors (Lipinski definition) is 2. The van der Waals surface area contributed by atoms with Gasteiger partial charge in [-0.25, -0.2) is 0 Å². The molecule has 7 nitrogen and oxygen atoms in total. The minimum absolute atomic E-state index is 0.283. The Morgan fingerprint density at radius 1 is 0.633 bits per heavy atom. The Morgan fingerprint density at radius 2 is 1.20 bits per heavy atom. The van der Waals surface area contributed by atoms with Crippen LogP contribution in [0.1, 0.15) is 20.7 Å². The summed E-state index contributed by atoms with van der Waals surface area (Å²) in [6, 6.07) is 18.7. The van der Waals surface area contributed by atoms with E-state index in [2.05, 4.69) is 10.6 Å². The van der Waals surface area contributed by atoms with Gasteiger partial charge in [0.1, 0.15) is 5.75 Å². The van der Waals surface area contributed by atoms with Crippen molar-refractivity contribution in [2.75, 3.05) is 32.0 Å². The maximum atomic E-state index is 12.5. The Balaban J connectivity index is 1.67. The number of hydrogen-bond acceptors (Lipinski definition) is 5. The smallest absolute Gasteiger partial charge is 0.259 e. The Labute approximate surface area is 174 Å². The Hall–Kier alpha value is -4.00. The predicted molar refractivity (Wildman–Crippen MR) is 115 cm³/mol. The highest BCUT2D eigenvalue weighted by molar-refractivity contribution is 6.07. The highest BCUT2D eigenvalue weighted by atomic mass is 16.5. The topological polar surface area (TPSA) is 85.9 Å². The number of ether oxygens (including phenoxy) is 3. The summed E-state index contributed by atoms with van der Waals surface area (Å²) in [5.74, 6) is 0.939. The quantitative estimate of drug-likeness (QED) is 0.614. The summed E-state index contributed by atoms with van der Waals surface area (Å²) in [5.41, 5.74) is 2.05. The normalized spacial score (nSPS) is 10.1. The van der Waals surface area contributed by atoms with Crippen molar-refractivity contribution >= 4 is 23.2 Å². The lowest BCUT2D eigenvalue weighted by atomic mass is 10.1. The van der Waals surface area contributed by atoms with Crippen molar-refractivity contribution in [3.05, 3.63) is 77.9 Å². The molecule has 3 aromatic carbocycles. The average Bonchev–Trinajstić information content (AvgIpc) is 2.79. The van der Waals surface area contributed by atoms with Gasteiger partial charge in [-0.3, -0.25) is 9.59 Å². The molecule has 0 saturated heterocycles. The Kier molecular flexibility index (Phi) is 6.54. The Bertz CT molecular complexity index is 1050. The van der Waals surface area contributed by atoms with Crippen LogP contribution in [0.5, 0.6) is 17.2 Å². The van der Waals surface area contributed by atoms with E-state index < -0.39 is 0 Å². The lowest BCUT2D eigenvalue weighted by molar-refractivity contribution is 0.101. The summed E-state index contributed by atoms with van der Waals surface area (Å²) >= 11 is 0. The van der Waals surface area contributed by atoms with Gasteiger partial charge in [-0.05, 0) is 54.6 Å². The second kappa shape index (κ2) is 9.47. The van der Waals surface area contributed by atoms with E-state index in [0.717, 1.165) is 0 Å². The van der Waals surface area contributed by atoms with Crippen molar-refractivity contribution in [2.24, 2.45) is 0 Å². The fourth-order valence-electron chi connectivity index (χ4n) is 2.85. The molecule has 0 fully saturated rings. The third kappa shape index (κ3) is 4.70.